The molecule has 2 N–H and O–H groups in total. The summed E-state index contributed by atoms with van der Waals surface area (Å²) in [7, 11) is 0. The second-order valence-corrected chi connectivity index (χ2v) is 8.31. The first kappa shape index (κ1) is 22.3. The van der Waals surface area contributed by atoms with Gasteiger partial charge in [-0.05, 0) is 53.7 Å². The average Bonchev–Trinajstić information content (AvgIpc) is 3.16. The summed E-state index contributed by atoms with van der Waals surface area (Å²) in [5.41, 5.74) is 6.71. The van der Waals surface area contributed by atoms with Crippen molar-refractivity contribution < 1.29 is 18.3 Å². The van der Waals surface area contributed by atoms with Gasteiger partial charge in [-0.15, -0.1) is 10.2 Å². The maximum absolute atomic E-state index is 13.3. The third kappa shape index (κ3) is 4.77. The number of fused-ring (bicyclic) bond motifs is 1. The summed E-state index contributed by atoms with van der Waals surface area (Å²) in [6, 6.07) is 11.7. The first-order valence-corrected chi connectivity index (χ1v) is 10.6. The fourth-order valence-corrected chi connectivity index (χ4v) is 4.24. The Morgan fingerprint density at radius 2 is 1.94 bits per heavy atom. The molecule has 164 valence electrons. The van der Waals surface area contributed by atoms with E-state index in [9.17, 15) is 13.6 Å². The van der Waals surface area contributed by atoms with Gasteiger partial charge in [-0.3, -0.25) is 4.79 Å². The smallest absolute Gasteiger partial charge is 0.299 e. The van der Waals surface area contributed by atoms with Crippen molar-refractivity contribution in [2.24, 2.45) is 10.8 Å². The van der Waals surface area contributed by atoms with Crippen molar-refractivity contribution in [1.82, 2.24) is 14.9 Å². The number of thioether (sulfide) groups is 1. The monoisotopic (exact) mass is 495 g/mol. The summed E-state index contributed by atoms with van der Waals surface area (Å²) in [4.78, 5) is 11.5. The number of benzene rings is 2. The summed E-state index contributed by atoms with van der Waals surface area (Å²) < 4.78 is 32.9. The zero-order valence-corrected chi connectivity index (χ0v) is 18.3. The number of ether oxygens (including phenoxy) is 1. The second kappa shape index (κ2) is 9.27. The van der Waals surface area contributed by atoms with Crippen LogP contribution < -0.4 is 10.5 Å². The van der Waals surface area contributed by atoms with Crippen LogP contribution in [0.15, 0.2) is 57.6 Å². The highest BCUT2D eigenvalue weighted by Crippen LogP contribution is 2.38. The number of carbonyl (C=O) groups is 1. The van der Waals surface area contributed by atoms with Gasteiger partial charge < -0.3 is 10.5 Å². The summed E-state index contributed by atoms with van der Waals surface area (Å²) in [5.74, 6) is -0.675. The molecule has 0 aliphatic carbocycles. The van der Waals surface area contributed by atoms with Gasteiger partial charge in [0.05, 0.1) is 5.02 Å². The van der Waals surface area contributed by atoms with Crippen molar-refractivity contribution in [2.45, 2.75) is 11.6 Å². The van der Waals surface area contributed by atoms with E-state index in [1.807, 2.05) is 0 Å². The Labute approximate surface area is 194 Å². The molecule has 1 aliphatic rings. The van der Waals surface area contributed by atoms with Gasteiger partial charge in [0, 0.05) is 15.5 Å². The Morgan fingerprint density at radius 1 is 1.19 bits per heavy atom. The van der Waals surface area contributed by atoms with Crippen molar-refractivity contribution in [1.29, 1.82) is 0 Å². The van der Waals surface area contributed by atoms with Crippen LogP contribution in [0.5, 0.6) is 5.75 Å². The standard InChI is InChI=1S/C20H13Cl2F2N5O2S/c21-11-3-6-13(14(22)8-11)17-15(32-20-27-26-19(18(23)24)29(20)28-17)7-10-1-4-12(5-2-10)31-9-16(25)30/h1-8,18H,9H2,(H2,25,30). The van der Waals surface area contributed by atoms with E-state index in [-0.39, 0.29) is 11.8 Å². The molecule has 32 heavy (non-hydrogen) atoms. The Balaban J connectivity index is 1.75. The maximum Gasteiger partial charge on any atom is 0.299 e. The fourth-order valence-electron chi connectivity index (χ4n) is 2.80. The van der Waals surface area contributed by atoms with E-state index in [2.05, 4.69) is 15.3 Å². The topological polar surface area (TPSA) is 95.4 Å². The Kier molecular flexibility index (Phi) is 6.45. The number of alkyl halides is 2. The van der Waals surface area contributed by atoms with Gasteiger partial charge in [-0.1, -0.05) is 35.3 Å². The molecule has 1 amide bonds. The molecule has 7 nitrogen and oxygen atoms in total. The molecular weight excluding hydrogens is 483 g/mol. The highest BCUT2D eigenvalue weighted by Gasteiger charge is 2.28. The number of nitrogens with two attached hydrogens (primary N) is 1. The van der Waals surface area contributed by atoms with Crippen LogP contribution in [0.1, 0.15) is 23.4 Å². The van der Waals surface area contributed by atoms with E-state index in [4.69, 9.17) is 33.7 Å². The lowest BCUT2D eigenvalue weighted by molar-refractivity contribution is -0.119. The molecule has 0 saturated carbocycles. The van der Waals surface area contributed by atoms with Crippen LogP contribution in [-0.2, 0) is 4.79 Å². The van der Waals surface area contributed by atoms with Crippen LogP contribution in [0.2, 0.25) is 10.0 Å². The third-order valence-electron chi connectivity index (χ3n) is 4.21. The van der Waals surface area contributed by atoms with Gasteiger partial charge in [0.15, 0.2) is 6.61 Å². The zero-order chi connectivity index (χ0) is 22.8. The van der Waals surface area contributed by atoms with E-state index in [0.717, 1.165) is 22.0 Å². The second-order valence-electron chi connectivity index (χ2n) is 6.46. The number of halogens is 4. The summed E-state index contributed by atoms with van der Waals surface area (Å²) in [6.07, 6.45) is -1.05. The van der Waals surface area contributed by atoms with Gasteiger partial charge >= 0.3 is 0 Å². The highest BCUT2D eigenvalue weighted by molar-refractivity contribution is 8.04. The van der Waals surface area contributed by atoms with Crippen molar-refractivity contribution in [2.75, 3.05) is 6.61 Å². The van der Waals surface area contributed by atoms with Gasteiger partial charge in [0.2, 0.25) is 11.0 Å². The minimum atomic E-state index is -2.85. The van der Waals surface area contributed by atoms with Crippen LogP contribution in [0.4, 0.5) is 8.78 Å². The number of aromatic nitrogens is 3. The number of allylic oxidation sites excluding steroid dienone is 1. The van der Waals surface area contributed by atoms with Crippen LogP contribution in [0.25, 0.3) is 6.08 Å². The van der Waals surface area contributed by atoms with Crippen LogP contribution >= 0.6 is 35.0 Å². The molecule has 12 heteroatoms. The molecule has 2 heterocycles. The molecule has 1 aromatic heterocycles. The lowest BCUT2D eigenvalue weighted by Crippen LogP contribution is -2.19. The summed E-state index contributed by atoms with van der Waals surface area (Å²) >= 11 is 13.5. The van der Waals surface area contributed by atoms with E-state index in [1.54, 1.807) is 48.5 Å². The maximum atomic E-state index is 13.3. The van der Waals surface area contributed by atoms with Crippen molar-refractivity contribution in [3.05, 3.63) is 74.4 Å². The SMILES string of the molecule is NC(=O)COc1ccc(C=C2Sc3nnc(C(F)F)n3N=C2c2ccc(Cl)cc2Cl)cc1. The van der Waals surface area contributed by atoms with Gasteiger partial charge in [0.1, 0.15) is 11.5 Å². The highest BCUT2D eigenvalue weighted by atomic mass is 35.5. The van der Waals surface area contributed by atoms with Crippen molar-refractivity contribution in [3.63, 3.8) is 0 Å². The van der Waals surface area contributed by atoms with Gasteiger partial charge in [-0.25, -0.2) is 8.78 Å². The summed E-state index contributed by atoms with van der Waals surface area (Å²) in [5, 5.41) is 12.7. The molecular formula is C20H13Cl2F2N5O2S. The predicted octanol–water partition coefficient (Wildman–Crippen LogP) is 4.79. The quantitative estimate of drug-likeness (QED) is 0.530. The molecule has 0 atom stereocenters. The molecule has 0 unspecified atom stereocenters. The number of hydrogen-bond donors (Lipinski definition) is 1. The normalized spacial score (nSPS) is 14.4. The Bertz CT molecular complexity index is 1250. The number of primary amides is 1. The first-order valence-electron chi connectivity index (χ1n) is 9.01. The van der Waals surface area contributed by atoms with Crippen molar-refractivity contribution >= 4 is 52.7 Å². The molecule has 0 radical (unpaired) electrons. The van der Waals surface area contributed by atoms with Crippen LogP contribution in [-0.4, -0.2) is 33.1 Å². The Hall–Kier alpha value is -2.95. The molecule has 3 aromatic rings. The molecule has 0 spiro atoms. The van der Waals surface area contributed by atoms with Gasteiger partial charge in [0.25, 0.3) is 12.3 Å². The fraction of sp³-hybridized carbons (Fsp3) is 0.100. The molecule has 0 saturated heterocycles. The molecule has 4 rings (SSSR count). The van der Waals surface area contributed by atoms with E-state index < -0.39 is 18.2 Å². The van der Waals surface area contributed by atoms with Crippen LogP contribution in [0, 0.1) is 0 Å². The molecule has 0 fully saturated rings. The number of amides is 1. The molecule has 2 aromatic carbocycles. The van der Waals surface area contributed by atoms with E-state index >= 15 is 0 Å². The largest absolute Gasteiger partial charge is 0.484 e. The first-order chi connectivity index (χ1) is 15.3. The molecule has 0 bridgehead atoms. The summed E-state index contributed by atoms with van der Waals surface area (Å²) in [6.45, 7) is -0.232. The number of rotatable bonds is 6. The minimum Gasteiger partial charge on any atom is -0.484 e. The average molecular weight is 496 g/mol. The Morgan fingerprint density at radius 3 is 2.59 bits per heavy atom. The number of nitrogens with zero attached hydrogens (tertiary/aromatic N) is 4. The lowest BCUT2D eigenvalue weighted by Gasteiger charge is -2.18. The number of hydrogen-bond acceptors (Lipinski definition) is 6. The van der Waals surface area contributed by atoms with E-state index in [1.165, 1.54) is 0 Å². The van der Waals surface area contributed by atoms with Crippen molar-refractivity contribution in [3.8, 4) is 5.75 Å². The zero-order valence-electron chi connectivity index (χ0n) is 16.0. The van der Waals surface area contributed by atoms with Crippen LogP contribution in [0.3, 0.4) is 0 Å². The molecule has 1 aliphatic heterocycles. The predicted molar refractivity (Wildman–Crippen MR) is 118 cm³/mol. The van der Waals surface area contributed by atoms with Gasteiger partial charge in [-0.2, -0.15) is 9.78 Å². The third-order valence-corrected chi connectivity index (χ3v) is 5.73. The number of carbonyl (C=O) groups excluding carboxylic acids is 1. The lowest BCUT2D eigenvalue weighted by atomic mass is 10.1. The minimum absolute atomic E-state index is 0.196. The van der Waals surface area contributed by atoms with E-state index in [0.29, 0.717) is 32.0 Å².